The minimum atomic E-state index is 0.801. The van der Waals surface area contributed by atoms with Crippen LogP contribution in [0, 0.1) is 13.8 Å². The number of aromatic nitrogens is 2. The van der Waals surface area contributed by atoms with Crippen molar-refractivity contribution in [2.24, 2.45) is 0 Å². The molecule has 0 unspecified atom stereocenters. The van der Waals surface area contributed by atoms with Gasteiger partial charge in [-0.1, -0.05) is 36.4 Å². The van der Waals surface area contributed by atoms with Crippen LogP contribution in [0.5, 0.6) is 0 Å². The van der Waals surface area contributed by atoms with Gasteiger partial charge in [-0.15, -0.1) is 0 Å². The van der Waals surface area contributed by atoms with Crippen LogP contribution in [0.3, 0.4) is 0 Å². The van der Waals surface area contributed by atoms with E-state index in [2.05, 4.69) is 57.7 Å². The molecule has 0 atom stereocenters. The number of hydrogen-bond donors (Lipinski definition) is 1. The molecule has 0 aliphatic rings. The van der Waals surface area contributed by atoms with E-state index in [1.807, 2.05) is 20.9 Å². The van der Waals surface area contributed by atoms with E-state index < -0.39 is 0 Å². The van der Waals surface area contributed by atoms with Gasteiger partial charge in [0.05, 0.1) is 0 Å². The summed E-state index contributed by atoms with van der Waals surface area (Å²) in [6.07, 6.45) is 0. The lowest BCUT2D eigenvalue weighted by molar-refractivity contribution is 0.787. The van der Waals surface area contributed by atoms with E-state index in [1.54, 1.807) is 0 Å². The average Bonchev–Trinajstić information content (AvgIpc) is 2.50. The minimum Gasteiger partial charge on any atom is -0.316 e. The lowest BCUT2D eigenvalue weighted by Crippen LogP contribution is -2.11. The van der Waals surface area contributed by atoms with Crippen molar-refractivity contribution in [3.8, 4) is 11.4 Å². The molecule has 0 saturated carbocycles. The molecule has 3 rings (SSSR count). The van der Waals surface area contributed by atoms with Crippen molar-refractivity contribution in [2.75, 3.05) is 7.05 Å². The molecule has 1 heterocycles. The summed E-state index contributed by atoms with van der Waals surface area (Å²) in [6.45, 7) is 4.90. The monoisotopic (exact) mass is 277 g/mol. The summed E-state index contributed by atoms with van der Waals surface area (Å²) in [5.74, 6) is 0.801. The van der Waals surface area contributed by atoms with Crippen LogP contribution in [-0.2, 0) is 6.54 Å². The molecule has 0 spiro atoms. The maximum Gasteiger partial charge on any atom is 0.159 e. The Labute approximate surface area is 125 Å². The maximum atomic E-state index is 4.68. The van der Waals surface area contributed by atoms with Crippen LogP contribution >= 0.6 is 0 Å². The number of rotatable bonds is 3. The summed E-state index contributed by atoms with van der Waals surface area (Å²) < 4.78 is 0. The molecule has 3 aromatic rings. The second-order valence-corrected chi connectivity index (χ2v) is 5.29. The van der Waals surface area contributed by atoms with E-state index in [9.17, 15) is 0 Å². The minimum absolute atomic E-state index is 0.801. The van der Waals surface area contributed by atoms with Crippen molar-refractivity contribution in [1.82, 2.24) is 15.3 Å². The van der Waals surface area contributed by atoms with Crippen LogP contribution in [0.4, 0.5) is 0 Å². The van der Waals surface area contributed by atoms with E-state index in [0.717, 1.165) is 29.3 Å². The first-order valence-electron chi connectivity index (χ1n) is 7.17. The number of nitrogens with zero attached hydrogens (tertiary/aromatic N) is 2. The molecule has 1 aromatic heterocycles. The highest BCUT2D eigenvalue weighted by molar-refractivity contribution is 5.86. The molecule has 3 heteroatoms. The fourth-order valence-corrected chi connectivity index (χ4v) is 2.63. The molecule has 1 N–H and O–H groups in total. The van der Waals surface area contributed by atoms with Crippen LogP contribution in [0.1, 0.15) is 17.0 Å². The van der Waals surface area contributed by atoms with Crippen molar-refractivity contribution >= 4 is 10.8 Å². The summed E-state index contributed by atoms with van der Waals surface area (Å²) in [7, 11) is 1.94. The fourth-order valence-electron chi connectivity index (χ4n) is 2.63. The topological polar surface area (TPSA) is 37.8 Å². The van der Waals surface area contributed by atoms with E-state index in [1.165, 1.54) is 16.3 Å². The van der Waals surface area contributed by atoms with Crippen molar-refractivity contribution in [1.29, 1.82) is 0 Å². The zero-order chi connectivity index (χ0) is 14.8. The second kappa shape index (κ2) is 5.62. The Bertz CT molecular complexity index is 770. The molecular formula is C18H19N3. The van der Waals surface area contributed by atoms with Gasteiger partial charge in [0, 0.05) is 29.1 Å². The summed E-state index contributed by atoms with van der Waals surface area (Å²) >= 11 is 0. The zero-order valence-electron chi connectivity index (χ0n) is 12.6. The number of aryl methyl sites for hydroxylation is 2. The van der Waals surface area contributed by atoms with Crippen molar-refractivity contribution in [2.45, 2.75) is 20.4 Å². The highest BCUT2D eigenvalue weighted by Gasteiger charge is 2.09. The summed E-state index contributed by atoms with van der Waals surface area (Å²) in [4.78, 5) is 9.36. The number of fused-ring (bicyclic) bond motifs is 1. The summed E-state index contributed by atoms with van der Waals surface area (Å²) in [6, 6.07) is 14.7. The maximum absolute atomic E-state index is 4.68. The van der Waals surface area contributed by atoms with E-state index in [-0.39, 0.29) is 0 Å². The van der Waals surface area contributed by atoms with Crippen molar-refractivity contribution < 1.29 is 0 Å². The zero-order valence-corrected chi connectivity index (χ0v) is 12.6. The average molecular weight is 277 g/mol. The largest absolute Gasteiger partial charge is 0.316 e. The van der Waals surface area contributed by atoms with Gasteiger partial charge in [-0.25, -0.2) is 9.97 Å². The van der Waals surface area contributed by atoms with Gasteiger partial charge < -0.3 is 5.32 Å². The number of nitrogens with one attached hydrogen (secondary N) is 1. The Balaban J connectivity index is 2.10. The standard InChI is InChI=1S/C18H19N3/c1-12-17(11-19-3)13(2)21-18(20-12)16-9-8-14-6-4-5-7-15(14)10-16/h4-10,19H,11H2,1-3H3. The Morgan fingerprint density at radius 3 is 2.24 bits per heavy atom. The first-order valence-corrected chi connectivity index (χ1v) is 7.17. The van der Waals surface area contributed by atoms with Crippen LogP contribution in [0.15, 0.2) is 42.5 Å². The van der Waals surface area contributed by atoms with Crippen LogP contribution < -0.4 is 5.32 Å². The van der Waals surface area contributed by atoms with Crippen molar-refractivity contribution in [3.05, 3.63) is 59.4 Å². The molecule has 0 saturated heterocycles. The van der Waals surface area contributed by atoms with Crippen LogP contribution in [0.25, 0.3) is 22.2 Å². The van der Waals surface area contributed by atoms with E-state index in [0.29, 0.717) is 0 Å². The third-order valence-electron chi connectivity index (χ3n) is 3.78. The summed E-state index contributed by atoms with van der Waals surface area (Å²) in [5, 5.41) is 5.62. The smallest absolute Gasteiger partial charge is 0.159 e. The third-order valence-corrected chi connectivity index (χ3v) is 3.78. The van der Waals surface area contributed by atoms with Gasteiger partial charge in [0.1, 0.15) is 0 Å². The van der Waals surface area contributed by atoms with Gasteiger partial charge in [-0.2, -0.15) is 0 Å². The predicted octanol–water partition coefficient (Wildman–Crippen LogP) is 3.63. The fraction of sp³-hybridized carbons (Fsp3) is 0.222. The second-order valence-electron chi connectivity index (χ2n) is 5.29. The van der Waals surface area contributed by atoms with E-state index >= 15 is 0 Å². The quantitative estimate of drug-likeness (QED) is 0.794. The highest BCUT2D eigenvalue weighted by Crippen LogP contribution is 2.23. The van der Waals surface area contributed by atoms with Crippen LogP contribution in [-0.4, -0.2) is 17.0 Å². The lowest BCUT2D eigenvalue weighted by Gasteiger charge is -2.11. The first kappa shape index (κ1) is 13.7. The normalized spacial score (nSPS) is 11.0. The molecule has 0 aliphatic heterocycles. The molecule has 0 fully saturated rings. The Kier molecular flexibility index (Phi) is 3.67. The molecular weight excluding hydrogens is 258 g/mol. The van der Waals surface area contributed by atoms with Crippen molar-refractivity contribution in [3.63, 3.8) is 0 Å². The Morgan fingerprint density at radius 1 is 0.905 bits per heavy atom. The number of hydrogen-bond acceptors (Lipinski definition) is 3. The third kappa shape index (κ3) is 2.65. The Morgan fingerprint density at radius 2 is 1.57 bits per heavy atom. The first-order chi connectivity index (χ1) is 10.2. The SMILES string of the molecule is CNCc1c(C)nc(-c2ccc3ccccc3c2)nc1C. The molecule has 0 bridgehead atoms. The van der Waals surface area contributed by atoms with E-state index in [4.69, 9.17) is 0 Å². The van der Waals surface area contributed by atoms with Gasteiger partial charge in [0.2, 0.25) is 0 Å². The van der Waals surface area contributed by atoms with Gasteiger partial charge in [-0.3, -0.25) is 0 Å². The number of benzene rings is 2. The molecule has 0 aliphatic carbocycles. The van der Waals surface area contributed by atoms with Gasteiger partial charge in [0.15, 0.2) is 5.82 Å². The molecule has 106 valence electrons. The van der Waals surface area contributed by atoms with Gasteiger partial charge in [0.25, 0.3) is 0 Å². The molecule has 21 heavy (non-hydrogen) atoms. The molecule has 0 amide bonds. The molecule has 3 nitrogen and oxygen atoms in total. The van der Waals surface area contributed by atoms with Gasteiger partial charge >= 0.3 is 0 Å². The lowest BCUT2D eigenvalue weighted by atomic mass is 10.1. The summed E-state index contributed by atoms with van der Waals surface area (Å²) in [5.41, 5.74) is 4.33. The molecule has 0 radical (unpaired) electrons. The van der Waals surface area contributed by atoms with Crippen LogP contribution in [0.2, 0.25) is 0 Å². The molecule has 2 aromatic carbocycles. The Hall–Kier alpha value is -2.26. The predicted molar refractivity (Wildman–Crippen MR) is 87.2 cm³/mol. The van der Waals surface area contributed by atoms with Gasteiger partial charge in [-0.05, 0) is 37.7 Å². The highest BCUT2D eigenvalue weighted by atomic mass is 14.9.